The molecule has 0 aliphatic carbocycles. The number of benzene rings is 2. The normalized spacial score (nSPS) is 11.2. The standard InChI is InChI=1S/C12H8NO.Zn/c1-3-7-11-9(5-1)13-10-6-2-4-8-12(10)14-11;/h1-5,7-8,13H;/q-1;. The Morgan fingerprint density at radius 2 is 1.80 bits per heavy atom. The molecule has 1 heterocycles. The molecule has 2 aromatic carbocycles. The Balaban J connectivity index is 0.000000853. The molecule has 15 heavy (non-hydrogen) atoms. The fourth-order valence-corrected chi connectivity index (χ4v) is 1.52. The Kier molecular flexibility index (Phi) is 2.74. The van der Waals surface area contributed by atoms with Gasteiger partial charge < -0.3 is 10.1 Å². The quantitative estimate of drug-likeness (QED) is 0.486. The van der Waals surface area contributed by atoms with Crippen LogP contribution in [-0.2, 0) is 19.5 Å². The first-order valence-electron chi connectivity index (χ1n) is 4.48. The first kappa shape index (κ1) is 10.2. The molecule has 0 aromatic heterocycles. The minimum absolute atomic E-state index is 0. The molecule has 0 saturated heterocycles. The van der Waals surface area contributed by atoms with Crippen molar-refractivity contribution in [3.63, 3.8) is 0 Å². The van der Waals surface area contributed by atoms with Gasteiger partial charge in [0.1, 0.15) is 5.75 Å². The number of rotatable bonds is 0. The smallest absolute Gasteiger partial charge is 0.134 e. The monoisotopic (exact) mass is 246 g/mol. The molecule has 0 spiro atoms. The van der Waals surface area contributed by atoms with Crippen molar-refractivity contribution < 1.29 is 24.2 Å². The molecule has 1 aliphatic rings. The van der Waals surface area contributed by atoms with Crippen molar-refractivity contribution in [3.05, 3.63) is 48.5 Å². The van der Waals surface area contributed by atoms with Crippen LogP contribution in [0.25, 0.3) is 0 Å². The molecule has 2 aromatic rings. The van der Waals surface area contributed by atoms with E-state index in [1.165, 1.54) is 0 Å². The van der Waals surface area contributed by atoms with E-state index in [-0.39, 0.29) is 19.5 Å². The zero-order valence-electron chi connectivity index (χ0n) is 8.16. The van der Waals surface area contributed by atoms with Gasteiger partial charge in [0.15, 0.2) is 0 Å². The summed E-state index contributed by atoms with van der Waals surface area (Å²) in [5, 5.41) is 3.26. The number of ether oxygens (including phenoxy) is 1. The maximum atomic E-state index is 5.68. The summed E-state index contributed by atoms with van der Waals surface area (Å²) in [6.45, 7) is 0. The van der Waals surface area contributed by atoms with Crippen molar-refractivity contribution in [2.75, 3.05) is 5.32 Å². The summed E-state index contributed by atoms with van der Waals surface area (Å²) in [5.41, 5.74) is 1.88. The van der Waals surface area contributed by atoms with Crippen LogP contribution in [0.5, 0.6) is 11.5 Å². The molecule has 3 rings (SSSR count). The van der Waals surface area contributed by atoms with E-state index in [2.05, 4.69) is 11.4 Å². The maximum Gasteiger partial charge on any atom is 0.134 e. The van der Waals surface area contributed by atoms with Gasteiger partial charge in [-0.1, -0.05) is 12.1 Å². The Morgan fingerprint density at radius 1 is 1.00 bits per heavy atom. The third-order valence-electron chi connectivity index (χ3n) is 2.18. The minimum atomic E-state index is 0. The molecule has 0 amide bonds. The topological polar surface area (TPSA) is 21.3 Å². The molecule has 0 atom stereocenters. The van der Waals surface area contributed by atoms with Crippen molar-refractivity contribution in [1.29, 1.82) is 0 Å². The van der Waals surface area contributed by atoms with Crippen LogP contribution in [-0.4, -0.2) is 0 Å². The van der Waals surface area contributed by atoms with Gasteiger partial charge in [-0.05, 0) is 17.8 Å². The van der Waals surface area contributed by atoms with Gasteiger partial charge in [-0.2, -0.15) is 18.2 Å². The Bertz CT molecular complexity index is 397. The van der Waals surface area contributed by atoms with Gasteiger partial charge in [0.25, 0.3) is 0 Å². The Hall–Kier alpha value is -1.34. The van der Waals surface area contributed by atoms with Gasteiger partial charge in [0.05, 0.1) is 5.69 Å². The molecule has 0 bridgehead atoms. The van der Waals surface area contributed by atoms with Crippen LogP contribution in [0.3, 0.4) is 0 Å². The van der Waals surface area contributed by atoms with E-state index in [9.17, 15) is 0 Å². The van der Waals surface area contributed by atoms with E-state index in [1.54, 1.807) is 0 Å². The van der Waals surface area contributed by atoms with E-state index in [4.69, 9.17) is 4.74 Å². The van der Waals surface area contributed by atoms with E-state index in [0.717, 1.165) is 22.9 Å². The minimum Gasteiger partial charge on any atom is -0.513 e. The number of hydrogen-bond donors (Lipinski definition) is 1. The van der Waals surface area contributed by atoms with Gasteiger partial charge in [-0.15, -0.1) is 6.07 Å². The second kappa shape index (κ2) is 4.03. The third-order valence-corrected chi connectivity index (χ3v) is 2.18. The van der Waals surface area contributed by atoms with Crippen LogP contribution >= 0.6 is 0 Å². The van der Waals surface area contributed by atoms with Crippen molar-refractivity contribution in [2.45, 2.75) is 0 Å². The second-order valence-electron chi connectivity index (χ2n) is 3.13. The summed E-state index contributed by atoms with van der Waals surface area (Å²) < 4.78 is 5.68. The van der Waals surface area contributed by atoms with Gasteiger partial charge in [-0.25, -0.2) is 0 Å². The molecular formula is C12H8NOZn-. The first-order valence-corrected chi connectivity index (χ1v) is 4.48. The van der Waals surface area contributed by atoms with Crippen LogP contribution in [0.2, 0.25) is 0 Å². The van der Waals surface area contributed by atoms with E-state index in [1.807, 2.05) is 42.5 Å². The summed E-state index contributed by atoms with van der Waals surface area (Å²) in [5.74, 6) is 1.69. The SMILES string of the molecule is [Zn].[c-]1cccc2c1Nc1ccccc1O2. The first-order chi connectivity index (χ1) is 6.93. The second-order valence-corrected chi connectivity index (χ2v) is 3.13. The number of anilines is 2. The van der Waals surface area contributed by atoms with Crippen LogP contribution < -0.4 is 10.1 Å². The van der Waals surface area contributed by atoms with Crippen LogP contribution in [0.4, 0.5) is 11.4 Å². The predicted octanol–water partition coefficient (Wildman–Crippen LogP) is 3.33. The summed E-state index contributed by atoms with van der Waals surface area (Å²) in [6, 6.07) is 16.7. The molecule has 0 saturated carbocycles. The molecule has 0 fully saturated rings. The summed E-state index contributed by atoms with van der Waals surface area (Å²) >= 11 is 0. The zero-order valence-corrected chi connectivity index (χ0v) is 11.1. The molecule has 1 aliphatic heterocycles. The maximum absolute atomic E-state index is 5.68. The van der Waals surface area contributed by atoms with Gasteiger partial charge >= 0.3 is 0 Å². The summed E-state index contributed by atoms with van der Waals surface area (Å²) in [7, 11) is 0. The molecule has 3 heteroatoms. The van der Waals surface area contributed by atoms with Crippen LogP contribution in [0.15, 0.2) is 42.5 Å². The number of nitrogens with one attached hydrogen (secondary N) is 1. The molecule has 0 radical (unpaired) electrons. The molecular weight excluding hydrogens is 240 g/mol. The Morgan fingerprint density at radius 3 is 2.73 bits per heavy atom. The third kappa shape index (κ3) is 1.75. The van der Waals surface area contributed by atoms with E-state index in [0.29, 0.717) is 0 Å². The Labute approximate surface area is 101 Å². The van der Waals surface area contributed by atoms with Crippen molar-refractivity contribution in [1.82, 2.24) is 0 Å². The average Bonchev–Trinajstić information content (AvgIpc) is 2.26. The van der Waals surface area contributed by atoms with Crippen molar-refractivity contribution in [3.8, 4) is 11.5 Å². The van der Waals surface area contributed by atoms with Gasteiger partial charge in [0, 0.05) is 25.2 Å². The molecule has 2 nitrogen and oxygen atoms in total. The number of fused-ring (bicyclic) bond motifs is 2. The van der Waals surface area contributed by atoms with Crippen LogP contribution in [0, 0.1) is 6.07 Å². The van der Waals surface area contributed by atoms with E-state index >= 15 is 0 Å². The number of hydrogen-bond acceptors (Lipinski definition) is 2. The summed E-state index contributed by atoms with van der Waals surface area (Å²) in [6.07, 6.45) is 0. The van der Waals surface area contributed by atoms with Crippen molar-refractivity contribution >= 4 is 11.4 Å². The van der Waals surface area contributed by atoms with E-state index < -0.39 is 0 Å². The molecule has 1 N–H and O–H groups in total. The fraction of sp³-hybridized carbons (Fsp3) is 0. The largest absolute Gasteiger partial charge is 0.513 e. The zero-order chi connectivity index (χ0) is 9.38. The summed E-state index contributed by atoms with van der Waals surface area (Å²) in [4.78, 5) is 0. The average molecular weight is 248 g/mol. The van der Waals surface area contributed by atoms with Gasteiger partial charge in [-0.3, -0.25) is 0 Å². The molecule has 0 unspecified atom stereocenters. The van der Waals surface area contributed by atoms with Crippen LogP contribution in [0.1, 0.15) is 0 Å². The van der Waals surface area contributed by atoms with Gasteiger partial charge in [0.2, 0.25) is 0 Å². The molecule has 70 valence electrons. The number of para-hydroxylation sites is 3. The van der Waals surface area contributed by atoms with Crippen molar-refractivity contribution in [2.24, 2.45) is 0 Å². The predicted molar refractivity (Wildman–Crippen MR) is 55.1 cm³/mol. The fourth-order valence-electron chi connectivity index (χ4n) is 1.52.